The molecule has 1 aliphatic rings. The second-order valence-corrected chi connectivity index (χ2v) is 8.58. The van der Waals surface area contributed by atoms with E-state index in [0.29, 0.717) is 28.1 Å². The molecular formula is C24H22N8O4. The van der Waals surface area contributed by atoms with Gasteiger partial charge in [-0.3, -0.25) is 9.48 Å². The van der Waals surface area contributed by atoms with Gasteiger partial charge in [0, 0.05) is 36.6 Å². The molecule has 1 aliphatic heterocycles. The molecule has 6 rings (SSSR count). The van der Waals surface area contributed by atoms with E-state index in [1.807, 2.05) is 30.3 Å². The number of nitrogens with two attached hydrogens (primary N) is 1. The predicted molar refractivity (Wildman–Crippen MR) is 130 cm³/mol. The van der Waals surface area contributed by atoms with Crippen molar-refractivity contribution in [3.05, 3.63) is 61.3 Å². The molecule has 1 fully saturated rings. The van der Waals surface area contributed by atoms with Crippen LogP contribution in [-0.2, 0) is 16.6 Å². The van der Waals surface area contributed by atoms with E-state index in [1.165, 1.54) is 10.9 Å². The summed E-state index contributed by atoms with van der Waals surface area (Å²) < 4.78 is 9.10. The number of nitrogen functional groups attached to an aromatic ring is 1. The van der Waals surface area contributed by atoms with Gasteiger partial charge in [0.2, 0.25) is 0 Å². The van der Waals surface area contributed by atoms with Crippen molar-refractivity contribution < 1.29 is 19.7 Å². The maximum absolute atomic E-state index is 13.1. The van der Waals surface area contributed by atoms with Crippen molar-refractivity contribution in [2.24, 2.45) is 7.05 Å². The van der Waals surface area contributed by atoms with E-state index in [2.05, 4.69) is 25.4 Å². The van der Waals surface area contributed by atoms with E-state index in [1.54, 1.807) is 36.4 Å². The van der Waals surface area contributed by atoms with Gasteiger partial charge in [-0.25, -0.2) is 15.0 Å². The number of pyridine rings is 1. The summed E-state index contributed by atoms with van der Waals surface area (Å²) in [6, 6.07) is 11.1. The molecule has 0 spiro atoms. The van der Waals surface area contributed by atoms with Crippen LogP contribution < -0.4 is 11.1 Å². The zero-order valence-corrected chi connectivity index (χ0v) is 19.1. The normalized spacial score (nSPS) is 21.9. The van der Waals surface area contributed by atoms with Crippen LogP contribution in [0.4, 0.5) is 11.6 Å². The van der Waals surface area contributed by atoms with Crippen LogP contribution >= 0.6 is 0 Å². The summed E-state index contributed by atoms with van der Waals surface area (Å²) in [5.74, 6) is -0.0802. The first-order chi connectivity index (χ1) is 17.4. The first kappa shape index (κ1) is 22.1. The van der Waals surface area contributed by atoms with Crippen molar-refractivity contribution in [2.75, 3.05) is 11.1 Å². The number of carbonyl (C=O) groups excluding carboxylic acids is 1. The van der Waals surface area contributed by atoms with E-state index >= 15 is 0 Å². The van der Waals surface area contributed by atoms with Gasteiger partial charge in [-0.1, -0.05) is 24.3 Å². The Hall–Kier alpha value is -4.39. The Bertz CT molecular complexity index is 1610. The van der Waals surface area contributed by atoms with Crippen LogP contribution in [0.1, 0.15) is 6.23 Å². The third kappa shape index (κ3) is 3.47. The Labute approximate surface area is 204 Å². The van der Waals surface area contributed by atoms with Gasteiger partial charge in [-0.2, -0.15) is 5.10 Å². The number of nitrogens with zero attached hydrogens (tertiary/aromatic N) is 6. The molecule has 4 aromatic heterocycles. The summed E-state index contributed by atoms with van der Waals surface area (Å²) in [6.45, 7) is 0. The Kier molecular flexibility index (Phi) is 5.14. The zero-order valence-electron chi connectivity index (χ0n) is 19.1. The molecule has 36 heavy (non-hydrogen) atoms. The molecule has 5 heterocycles. The van der Waals surface area contributed by atoms with E-state index in [4.69, 9.17) is 10.5 Å². The highest BCUT2D eigenvalue weighted by molar-refractivity contribution is 6.02. The van der Waals surface area contributed by atoms with Crippen molar-refractivity contribution in [1.29, 1.82) is 0 Å². The Balaban J connectivity index is 1.35. The predicted octanol–water partition coefficient (Wildman–Crippen LogP) is 1.22. The molecule has 1 aromatic carbocycles. The fourth-order valence-electron chi connectivity index (χ4n) is 4.57. The molecule has 0 bridgehead atoms. The minimum Gasteiger partial charge on any atom is -0.387 e. The number of amides is 1. The number of hydrogen-bond acceptors (Lipinski definition) is 9. The molecule has 0 aliphatic carbocycles. The number of carbonyl (C=O) groups is 1. The van der Waals surface area contributed by atoms with E-state index < -0.39 is 30.4 Å². The lowest BCUT2D eigenvalue weighted by Gasteiger charge is -2.17. The number of aliphatic hydroxyl groups excluding tert-OH is 2. The lowest BCUT2D eigenvalue weighted by molar-refractivity contribution is -0.132. The second-order valence-electron chi connectivity index (χ2n) is 8.58. The standard InChI is InChI=1S/C24H22N8O4/c1-31-9-7-15(30-31)14-10-32(22-16(14)20(25)27-11-28-22)24-18(34)17(33)19(36-24)23(35)29-21-13-5-3-2-4-12(13)6-8-26-21/h2-11,17-19,24,33-34H,1H3,(H2,25,27,28)(H,26,29,35)/t17-,18+,19-,24+/m0/s1. The fraction of sp³-hybridized carbons (Fsp3) is 0.208. The third-order valence-corrected chi connectivity index (χ3v) is 6.31. The van der Waals surface area contributed by atoms with Gasteiger partial charge in [0.25, 0.3) is 5.91 Å². The van der Waals surface area contributed by atoms with Crippen molar-refractivity contribution in [1.82, 2.24) is 29.3 Å². The molecule has 182 valence electrons. The number of aryl methyl sites for hydroxylation is 1. The number of fused-ring (bicyclic) bond motifs is 2. The summed E-state index contributed by atoms with van der Waals surface area (Å²) in [5, 5.41) is 31.0. The number of hydrogen-bond donors (Lipinski definition) is 4. The van der Waals surface area contributed by atoms with Crippen LogP contribution in [0.3, 0.4) is 0 Å². The summed E-state index contributed by atoms with van der Waals surface area (Å²) >= 11 is 0. The van der Waals surface area contributed by atoms with Gasteiger partial charge in [-0.15, -0.1) is 0 Å². The van der Waals surface area contributed by atoms with Gasteiger partial charge >= 0.3 is 0 Å². The van der Waals surface area contributed by atoms with Gasteiger partial charge in [-0.05, 0) is 17.5 Å². The van der Waals surface area contributed by atoms with Crippen LogP contribution in [0.25, 0.3) is 33.1 Å². The number of nitrogens with one attached hydrogen (secondary N) is 1. The maximum Gasteiger partial charge on any atom is 0.257 e. The molecular weight excluding hydrogens is 464 g/mol. The molecule has 0 unspecified atom stereocenters. The van der Waals surface area contributed by atoms with Crippen LogP contribution in [0.2, 0.25) is 0 Å². The molecule has 5 aromatic rings. The van der Waals surface area contributed by atoms with Crippen molar-refractivity contribution in [2.45, 2.75) is 24.5 Å². The number of anilines is 2. The molecule has 0 radical (unpaired) electrons. The van der Waals surface area contributed by atoms with E-state index in [0.717, 1.165) is 10.8 Å². The monoisotopic (exact) mass is 486 g/mol. The summed E-state index contributed by atoms with van der Waals surface area (Å²) in [6.07, 6.45) is 0.924. The van der Waals surface area contributed by atoms with Gasteiger partial charge in [0.05, 0.1) is 11.1 Å². The van der Waals surface area contributed by atoms with Gasteiger partial charge < -0.3 is 30.6 Å². The highest BCUT2D eigenvalue weighted by atomic mass is 16.6. The second kappa shape index (κ2) is 8.37. The smallest absolute Gasteiger partial charge is 0.257 e. The highest BCUT2D eigenvalue weighted by Gasteiger charge is 2.48. The first-order valence-electron chi connectivity index (χ1n) is 11.2. The molecule has 1 amide bonds. The summed E-state index contributed by atoms with van der Waals surface area (Å²) in [4.78, 5) is 25.8. The molecule has 4 atom stereocenters. The van der Waals surface area contributed by atoms with Gasteiger partial charge in [0.1, 0.15) is 35.8 Å². The lowest BCUT2D eigenvalue weighted by atomic mass is 10.1. The summed E-state index contributed by atoms with van der Waals surface area (Å²) in [7, 11) is 1.79. The van der Waals surface area contributed by atoms with E-state index in [-0.39, 0.29) is 5.82 Å². The SMILES string of the molecule is Cn1ccc(-c2cn([C@@H]3O[C@H](C(=O)Nc4nccc5ccccc45)[C@@H](O)[C@H]3O)c3ncnc(N)c23)n1. The van der Waals surface area contributed by atoms with Crippen LogP contribution in [0, 0.1) is 0 Å². The average Bonchev–Trinajstić information content (AvgIpc) is 3.56. The minimum atomic E-state index is -1.50. The van der Waals surface area contributed by atoms with Crippen LogP contribution in [-0.4, -0.2) is 63.7 Å². The lowest BCUT2D eigenvalue weighted by Crippen LogP contribution is -2.39. The number of benzene rings is 1. The fourth-order valence-corrected chi connectivity index (χ4v) is 4.57. The Morgan fingerprint density at radius 1 is 1.11 bits per heavy atom. The topological polar surface area (TPSA) is 166 Å². The Morgan fingerprint density at radius 2 is 1.94 bits per heavy atom. The number of aromatic nitrogens is 6. The maximum atomic E-state index is 13.1. The van der Waals surface area contributed by atoms with Crippen molar-refractivity contribution >= 4 is 39.3 Å². The molecule has 5 N–H and O–H groups in total. The number of ether oxygens (including phenoxy) is 1. The zero-order chi connectivity index (χ0) is 25.0. The van der Waals surface area contributed by atoms with E-state index in [9.17, 15) is 15.0 Å². The van der Waals surface area contributed by atoms with Crippen LogP contribution in [0.15, 0.2) is 61.3 Å². The molecule has 0 saturated carbocycles. The minimum absolute atomic E-state index is 0.226. The summed E-state index contributed by atoms with van der Waals surface area (Å²) in [5.41, 5.74) is 7.78. The number of rotatable bonds is 4. The highest BCUT2D eigenvalue weighted by Crippen LogP contribution is 2.38. The first-order valence-corrected chi connectivity index (χ1v) is 11.2. The van der Waals surface area contributed by atoms with Crippen LogP contribution in [0.5, 0.6) is 0 Å². The largest absolute Gasteiger partial charge is 0.387 e. The Morgan fingerprint density at radius 3 is 2.75 bits per heavy atom. The van der Waals surface area contributed by atoms with Crippen molar-refractivity contribution in [3.63, 3.8) is 0 Å². The van der Waals surface area contributed by atoms with Crippen molar-refractivity contribution in [3.8, 4) is 11.3 Å². The molecule has 12 nitrogen and oxygen atoms in total. The number of aliphatic hydroxyl groups is 2. The average molecular weight is 486 g/mol. The van der Waals surface area contributed by atoms with Gasteiger partial charge in [0.15, 0.2) is 12.3 Å². The molecule has 1 saturated heterocycles. The quantitative estimate of drug-likeness (QED) is 0.292. The molecule has 12 heteroatoms. The third-order valence-electron chi connectivity index (χ3n) is 6.31.